The van der Waals surface area contributed by atoms with Crippen LogP contribution in [0.25, 0.3) is 0 Å². The van der Waals surface area contributed by atoms with Gasteiger partial charge in [0.25, 0.3) is 0 Å². The van der Waals surface area contributed by atoms with Gasteiger partial charge < -0.3 is 9.47 Å². The van der Waals surface area contributed by atoms with Gasteiger partial charge in [-0.2, -0.15) is 0 Å². The second kappa shape index (κ2) is 7.56. The maximum Gasteiger partial charge on any atom is 0.173 e. The summed E-state index contributed by atoms with van der Waals surface area (Å²) in [6.45, 7) is 6.49. The normalized spacial score (nSPS) is 10.1. The quantitative estimate of drug-likeness (QED) is 0.535. The van der Waals surface area contributed by atoms with Crippen LogP contribution in [0.15, 0.2) is 18.2 Å². The molecule has 0 fully saturated rings. The molecule has 0 atom stereocenters. The van der Waals surface area contributed by atoms with Crippen molar-refractivity contribution in [2.75, 3.05) is 13.2 Å². The van der Waals surface area contributed by atoms with Crippen LogP contribution in [0.3, 0.4) is 0 Å². The highest BCUT2D eigenvalue weighted by molar-refractivity contribution is 6.09. The molecule has 0 aliphatic carbocycles. The number of Topliss-reactive ketones (excluding diaryl/α,β-unsaturated/α-hetero) is 2. The van der Waals surface area contributed by atoms with E-state index >= 15 is 0 Å². The molecule has 4 nitrogen and oxygen atoms in total. The van der Waals surface area contributed by atoms with Crippen LogP contribution in [0.4, 0.5) is 0 Å². The molecule has 0 spiro atoms. The lowest BCUT2D eigenvalue weighted by atomic mass is 10.0. The number of rotatable bonds is 8. The van der Waals surface area contributed by atoms with Gasteiger partial charge in [-0.25, -0.2) is 0 Å². The molecule has 1 aromatic carbocycles. The second-order valence-electron chi connectivity index (χ2n) is 4.02. The Kier molecular flexibility index (Phi) is 6.06. The lowest BCUT2D eigenvalue weighted by Gasteiger charge is -2.11. The number of carbonyl (C=O) groups is 2. The molecule has 1 rings (SSSR count). The third kappa shape index (κ3) is 4.39. The van der Waals surface area contributed by atoms with Crippen molar-refractivity contribution < 1.29 is 19.1 Å². The molecular formula is C15H20O4. The van der Waals surface area contributed by atoms with Gasteiger partial charge in [0.1, 0.15) is 17.3 Å². The molecule has 0 aliphatic heterocycles. The van der Waals surface area contributed by atoms with E-state index in [4.69, 9.17) is 9.47 Å². The predicted octanol–water partition coefficient (Wildman–Crippen LogP) is 3.04. The van der Waals surface area contributed by atoms with E-state index in [-0.39, 0.29) is 18.0 Å². The van der Waals surface area contributed by atoms with E-state index in [1.807, 2.05) is 13.8 Å². The van der Waals surface area contributed by atoms with Crippen LogP contribution < -0.4 is 9.47 Å². The lowest BCUT2D eigenvalue weighted by Crippen LogP contribution is -2.09. The maximum absolute atomic E-state index is 12.0. The number of ether oxygens (including phenoxy) is 2. The predicted molar refractivity (Wildman–Crippen MR) is 73.0 cm³/mol. The largest absolute Gasteiger partial charge is 0.494 e. The molecule has 0 aliphatic rings. The van der Waals surface area contributed by atoms with Crippen molar-refractivity contribution in [2.45, 2.75) is 33.6 Å². The number of hydrogen-bond acceptors (Lipinski definition) is 4. The summed E-state index contributed by atoms with van der Waals surface area (Å²) >= 11 is 0. The first-order valence-electron chi connectivity index (χ1n) is 6.56. The molecule has 0 N–H and O–H groups in total. The molecule has 0 radical (unpaired) electrons. The maximum atomic E-state index is 12.0. The van der Waals surface area contributed by atoms with Crippen molar-refractivity contribution in [3.63, 3.8) is 0 Å². The summed E-state index contributed by atoms with van der Waals surface area (Å²) in [4.78, 5) is 23.4. The van der Waals surface area contributed by atoms with Crippen LogP contribution >= 0.6 is 0 Å². The topological polar surface area (TPSA) is 52.6 Å². The Morgan fingerprint density at radius 3 is 2.32 bits per heavy atom. The Morgan fingerprint density at radius 1 is 1.05 bits per heavy atom. The first kappa shape index (κ1) is 15.2. The summed E-state index contributed by atoms with van der Waals surface area (Å²) in [6.07, 6.45) is 0.289. The Labute approximate surface area is 113 Å². The summed E-state index contributed by atoms with van der Waals surface area (Å²) in [5.41, 5.74) is 0.437. The average Bonchev–Trinajstić information content (AvgIpc) is 2.39. The minimum atomic E-state index is -0.210. The summed E-state index contributed by atoms with van der Waals surface area (Å²) in [5.74, 6) is 0.853. The molecule has 0 unspecified atom stereocenters. The monoisotopic (exact) mass is 264 g/mol. The fourth-order valence-corrected chi connectivity index (χ4v) is 1.66. The Hall–Kier alpha value is -1.84. The zero-order chi connectivity index (χ0) is 14.3. The molecule has 104 valence electrons. The van der Waals surface area contributed by atoms with E-state index in [0.29, 0.717) is 36.7 Å². The van der Waals surface area contributed by atoms with Crippen molar-refractivity contribution in [1.29, 1.82) is 0 Å². The van der Waals surface area contributed by atoms with Gasteiger partial charge in [-0.15, -0.1) is 0 Å². The third-order valence-corrected chi connectivity index (χ3v) is 2.62. The molecule has 0 amide bonds. The number of benzene rings is 1. The van der Waals surface area contributed by atoms with Crippen LogP contribution in [0.2, 0.25) is 0 Å². The fraction of sp³-hybridized carbons (Fsp3) is 0.467. The Bertz CT molecular complexity index is 451. The van der Waals surface area contributed by atoms with E-state index in [1.54, 1.807) is 25.1 Å². The van der Waals surface area contributed by atoms with Crippen LogP contribution in [-0.2, 0) is 4.79 Å². The molecule has 0 aromatic heterocycles. The molecule has 4 heteroatoms. The van der Waals surface area contributed by atoms with Crippen molar-refractivity contribution in [3.05, 3.63) is 23.8 Å². The van der Waals surface area contributed by atoms with Gasteiger partial charge in [0.05, 0.1) is 25.2 Å². The first-order valence-corrected chi connectivity index (χ1v) is 6.56. The highest BCUT2D eigenvalue weighted by atomic mass is 16.5. The minimum Gasteiger partial charge on any atom is -0.494 e. The lowest BCUT2D eigenvalue weighted by molar-refractivity contribution is -0.117. The van der Waals surface area contributed by atoms with Gasteiger partial charge in [-0.1, -0.05) is 6.92 Å². The van der Waals surface area contributed by atoms with Crippen LogP contribution in [0, 0.1) is 0 Å². The van der Waals surface area contributed by atoms with E-state index in [1.165, 1.54) is 0 Å². The summed E-state index contributed by atoms with van der Waals surface area (Å²) < 4.78 is 10.8. The van der Waals surface area contributed by atoms with Gasteiger partial charge in [0.15, 0.2) is 5.78 Å². The highest BCUT2D eigenvalue weighted by Crippen LogP contribution is 2.26. The molecule has 1 aromatic rings. The van der Waals surface area contributed by atoms with Gasteiger partial charge >= 0.3 is 0 Å². The van der Waals surface area contributed by atoms with Crippen molar-refractivity contribution in [3.8, 4) is 11.5 Å². The van der Waals surface area contributed by atoms with E-state index in [0.717, 1.165) is 0 Å². The van der Waals surface area contributed by atoms with Gasteiger partial charge in [0, 0.05) is 12.5 Å². The smallest absolute Gasteiger partial charge is 0.173 e. The first-order chi connectivity index (χ1) is 9.12. The zero-order valence-electron chi connectivity index (χ0n) is 11.7. The summed E-state index contributed by atoms with van der Waals surface area (Å²) in [6, 6.07) is 5.06. The molecule has 0 heterocycles. The van der Waals surface area contributed by atoms with Crippen LogP contribution in [-0.4, -0.2) is 24.8 Å². The second-order valence-corrected chi connectivity index (χ2v) is 4.02. The SMILES string of the molecule is CCOc1ccc(C(=O)CC(=O)CC)c(OCC)c1. The zero-order valence-corrected chi connectivity index (χ0v) is 11.7. The molecular weight excluding hydrogens is 244 g/mol. The van der Waals surface area contributed by atoms with Crippen molar-refractivity contribution in [1.82, 2.24) is 0 Å². The number of carbonyl (C=O) groups excluding carboxylic acids is 2. The summed E-state index contributed by atoms with van der Waals surface area (Å²) in [5, 5.41) is 0. The van der Waals surface area contributed by atoms with Crippen LogP contribution in [0.5, 0.6) is 11.5 Å². The van der Waals surface area contributed by atoms with Gasteiger partial charge in [0.2, 0.25) is 0 Å². The van der Waals surface area contributed by atoms with E-state index < -0.39 is 0 Å². The van der Waals surface area contributed by atoms with Crippen molar-refractivity contribution in [2.24, 2.45) is 0 Å². The van der Waals surface area contributed by atoms with Gasteiger partial charge in [-0.3, -0.25) is 9.59 Å². The highest BCUT2D eigenvalue weighted by Gasteiger charge is 2.16. The minimum absolute atomic E-state index is 0.0682. The van der Waals surface area contributed by atoms with Crippen LogP contribution in [0.1, 0.15) is 44.0 Å². The Balaban J connectivity index is 2.98. The average molecular weight is 264 g/mol. The third-order valence-electron chi connectivity index (χ3n) is 2.62. The molecule has 0 bridgehead atoms. The van der Waals surface area contributed by atoms with E-state index in [9.17, 15) is 9.59 Å². The number of hydrogen-bond donors (Lipinski definition) is 0. The van der Waals surface area contributed by atoms with E-state index in [2.05, 4.69) is 0 Å². The molecule has 0 saturated carbocycles. The Morgan fingerprint density at radius 2 is 1.74 bits per heavy atom. The molecule has 0 saturated heterocycles. The standard InChI is InChI=1S/C15H20O4/c1-4-11(16)9-14(17)13-8-7-12(18-5-2)10-15(13)19-6-3/h7-8,10H,4-6,9H2,1-3H3. The summed E-state index contributed by atoms with van der Waals surface area (Å²) in [7, 11) is 0. The number of ketones is 2. The van der Waals surface area contributed by atoms with Crippen molar-refractivity contribution >= 4 is 11.6 Å². The fourth-order valence-electron chi connectivity index (χ4n) is 1.66. The molecule has 19 heavy (non-hydrogen) atoms. The van der Waals surface area contributed by atoms with Gasteiger partial charge in [-0.05, 0) is 26.0 Å².